The zero-order valence-corrected chi connectivity index (χ0v) is 7.99. The van der Waals surface area contributed by atoms with Crippen molar-refractivity contribution >= 4 is 10.9 Å². The molecule has 0 atom stereocenters. The van der Waals surface area contributed by atoms with E-state index in [1.807, 2.05) is 25.1 Å². The standard InChI is InChI=1S/C10H12N2O2/c1-2-12-8-5-3-4-7(6-11)9(8)10(13)14-12/h3-5H,2,6,11H2,1H3. The van der Waals surface area contributed by atoms with Crippen molar-refractivity contribution < 1.29 is 4.52 Å². The van der Waals surface area contributed by atoms with Crippen LogP contribution in [0.2, 0.25) is 0 Å². The lowest BCUT2D eigenvalue weighted by Crippen LogP contribution is -2.01. The van der Waals surface area contributed by atoms with Crippen LogP contribution in [0.3, 0.4) is 0 Å². The molecule has 1 aromatic carbocycles. The minimum absolute atomic E-state index is 0.303. The van der Waals surface area contributed by atoms with Crippen LogP contribution in [0.1, 0.15) is 12.5 Å². The third-order valence-electron chi connectivity index (χ3n) is 2.30. The summed E-state index contributed by atoms with van der Waals surface area (Å²) < 4.78 is 6.64. The Bertz CT molecular complexity index is 510. The van der Waals surface area contributed by atoms with E-state index in [2.05, 4.69) is 0 Å². The molecule has 4 nitrogen and oxygen atoms in total. The van der Waals surface area contributed by atoms with Gasteiger partial charge in [0.05, 0.1) is 17.4 Å². The Kier molecular flexibility index (Phi) is 2.13. The second-order valence-corrected chi connectivity index (χ2v) is 3.09. The quantitative estimate of drug-likeness (QED) is 0.774. The van der Waals surface area contributed by atoms with Gasteiger partial charge in [-0.15, -0.1) is 0 Å². The van der Waals surface area contributed by atoms with Gasteiger partial charge in [-0.1, -0.05) is 12.1 Å². The monoisotopic (exact) mass is 192 g/mol. The maximum atomic E-state index is 11.5. The van der Waals surface area contributed by atoms with Crippen molar-refractivity contribution in [2.24, 2.45) is 5.73 Å². The number of nitrogens with zero attached hydrogens (tertiary/aromatic N) is 1. The van der Waals surface area contributed by atoms with Crippen molar-refractivity contribution in [3.05, 3.63) is 34.2 Å². The minimum atomic E-state index is -0.303. The van der Waals surface area contributed by atoms with E-state index in [1.165, 1.54) is 0 Å². The molecule has 14 heavy (non-hydrogen) atoms. The first kappa shape index (κ1) is 9.02. The molecule has 0 aliphatic rings. The predicted octanol–water partition coefficient (Wildman–Crippen LogP) is 1.07. The van der Waals surface area contributed by atoms with Crippen molar-refractivity contribution in [1.82, 2.24) is 4.74 Å². The van der Waals surface area contributed by atoms with E-state index in [0.29, 0.717) is 18.5 Å². The van der Waals surface area contributed by atoms with E-state index in [0.717, 1.165) is 11.1 Å². The van der Waals surface area contributed by atoms with Crippen LogP contribution < -0.4 is 11.4 Å². The van der Waals surface area contributed by atoms with Crippen LogP contribution in [0.15, 0.2) is 27.5 Å². The molecule has 0 fully saturated rings. The molecular weight excluding hydrogens is 180 g/mol. The average molecular weight is 192 g/mol. The Morgan fingerprint density at radius 1 is 1.50 bits per heavy atom. The Labute approximate surface area is 80.9 Å². The number of aromatic nitrogens is 1. The number of hydrogen-bond donors (Lipinski definition) is 1. The maximum Gasteiger partial charge on any atom is 0.365 e. The molecule has 2 rings (SSSR count). The fourth-order valence-corrected chi connectivity index (χ4v) is 1.63. The number of aryl methyl sites for hydroxylation is 1. The van der Waals surface area contributed by atoms with Crippen LogP contribution in [-0.4, -0.2) is 4.74 Å². The maximum absolute atomic E-state index is 11.5. The van der Waals surface area contributed by atoms with E-state index >= 15 is 0 Å². The molecule has 1 heterocycles. The average Bonchev–Trinajstić information content (AvgIpc) is 2.55. The molecule has 2 N–H and O–H groups in total. The molecule has 0 aliphatic heterocycles. The zero-order chi connectivity index (χ0) is 10.1. The number of nitrogens with two attached hydrogens (primary N) is 1. The van der Waals surface area contributed by atoms with Gasteiger partial charge >= 0.3 is 5.63 Å². The normalized spacial score (nSPS) is 11.0. The molecule has 0 saturated heterocycles. The van der Waals surface area contributed by atoms with Gasteiger partial charge in [-0.3, -0.25) is 0 Å². The van der Waals surface area contributed by atoms with Crippen molar-refractivity contribution in [1.29, 1.82) is 0 Å². The molecule has 0 aliphatic carbocycles. The van der Waals surface area contributed by atoms with Crippen molar-refractivity contribution in [3.63, 3.8) is 0 Å². The summed E-state index contributed by atoms with van der Waals surface area (Å²) in [6.45, 7) is 2.93. The summed E-state index contributed by atoms with van der Waals surface area (Å²) in [5.41, 5.74) is 6.90. The molecule has 2 aromatic rings. The number of hydrogen-bond acceptors (Lipinski definition) is 3. The summed E-state index contributed by atoms with van der Waals surface area (Å²) in [6, 6.07) is 5.59. The highest BCUT2D eigenvalue weighted by Crippen LogP contribution is 2.15. The SMILES string of the molecule is CCn1oc(=O)c2c(CN)cccc21. The molecule has 4 heteroatoms. The fraction of sp³-hybridized carbons (Fsp3) is 0.300. The van der Waals surface area contributed by atoms with E-state index in [1.54, 1.807) is 4.74 Å². The summed E-state index contributed by atoms with van der Waals surface area (Å²) in [6.07, 6.45) is 0. The third kappa shape index (κ3) is 1.15. The van der Waals surface area contributed by atoms with Gasteiger partial charge in [0.15, 0.2) is 0 Å². The van der Waals surface area contributed by atoms with Gasteiger partial charge in [0.25, 0.3) is 0 Å². The largest absolute Gasteiger partial charge is 0.365 e. The minimum Gasteiger partial charge on any atom is -0.335 e. The molecule has 0 saturated carbocycles. The molecule has 0 bridgehead atoms. The van der Waals surface area contributed by atoms with Gasteiger partial charge in [0.2, 0.25) is 0 Å². The van der Waals surface area contributed by atoms with Gasteiger partial charge in [0, 0.05) is 6.54 Å². The van der Waals surface area contributed by atoms with Gasteiger partial charge < -0.3 is 10.3 Å². The van der Waals surface area contributed by atoms with E-state index in [-0.39, 0.29) is 5.63 Å². The Hall–Kier alpha value is -1.55. The highest BCUT2D eigenvalue weighted by atomic mass is 16.5. The van der Waals surface area contributed by atoms with Crippen molar-refractivity contribution in [2.45, 2.75) is 20.0 Å². The summed E-state index contributed by atoms with van der Waals surface area (Å²) in [5, 5.41) is 0.608. The molecule has 74 valence electrons. The van der Waals surface area contributed by atoms with E-state index < -0.39 is 0 Å². The highest BCUT2D eigenvalue weighted by Gasteiger charge is 2.10. The van der Waals surface area contributed by atoms with E-state index in [4.69, 9.17) is 10.3 Å². The van der Waals surface area contributed by atoms with Gasteiger partial charge in [0.1, 0.15) is 0 Å². The molecule has 0 radical (unpaired) electrons. The first-order chi connectivity index (χ1) is 6.77. The molecule has 0 unspecified atom stereocenters. The Morgan fingerprint density at radius 3 is 2.93 bits per heavy atom. The highest BCUT2D eigenvalue weighted by molar-refractivity contribution is 5.81. The molecule has 0 amide bonds. The predicted molar refractivity (Wildman–Crippen MR) is 54.0 cm³/mol. The lowest BCUT2D eigenvalue weighted by Gasteiger charge is -1.98. The first-order valence-corrected chi connectivity index (χ1v) is 4.59. The second-order valence-electron chi connectivity index (χ2n) is 3.09. The first-order valence-electron chi connectivity index (χ1n) is 4.59. The van der Waals surface area contributed by atoms with Crippen molar-refractivity contribution in [3.8, 4) is 0 Å². The van der Waals surface area contributed by atoms with Crippen molar-refractivity contribution in [2.75, 3.05) is 0 Å². The van der Waals surface area contributed by atoms with Gasteiger partial charge in [-0.2, -0.15) is 0 Å². The van der Waals surface area contributed by atoms with Gasteiger partial charge in [-0.25, -0.2) is 9.53 Å². The molecular formula is C10H12N2O2. The number of fused-ring (bicyclic) bond motifs is 1. The van der Waals surface area contributed by atoms with Crippen LogP contribution in [0, 0.1) is 0 Å². The van der Waals surface area contributed by atoms with Crippen LogP contribution in [0.25, 0.3) is 10.9 Å². The number of benzene rings is 1. The lowest BCUT2D eigenvalue weighted by molar-refractivity contribution is 0.270. The summed E-state index contributed by atoms with van der Waals surface area (Å²) >= 11 is 0. The zero-order valence-electron chi connectivity index (χ0n) is 7.99. The summed E-state index contributed by atoms with van der Waals surface area (Å²) in [4.78, 5) is 11.5. The van der Waals surface area contributed by atoms with E-state index in [9.17, 15) is 4.79 Å². The fourth-order valence-electron chi connectivity index (χ4n) is 1.63. The molecule has 0 spiro atoms. The Balaban J connectivity index is 2.88. The lowest BCUT2D eigenvalue weighted by atomic mass is 10.1. The van der Waals surface area contributed by atoms with Crippen LogP contribution in [0.4, 0.5) is 0 Å². The smallest absolute Gasteiger partial charge is 0.335 e. The van der Waals surface area contributed by atoms with Crippen LogP contribution in [0.5, 0.6) is 0 Å². The topological polar surface area (TPSA) is 61.2 Å². The van der Waals surface area contributed by atoms with Crippen LogP contribution in [-0.2, 0) is 13.1 Å². The summed E-state index contributed by atoms with van der Waals surface area (Å²) in [7, 11) is 0. The Morgan fingerprint density at radius 2 is 2.29 bits per heavy atom. The second kappa shape index (κ2) is 3.31. The molecule has 1 aromatic heterocycles. The number of rotatable bonds is 2. The third-order valence-corrected chi connectivity index (χ3v) is 2.30. The summed E-state index contributed by atoms with van der Waals surface area (Å²) in [5.74, 6) is 0. The van der Waals surface area contributed by atoms with Crippen LogP contribution >= 0.6 is 0 Å². The van der Waals surface area contributed by atoms with Gasteiger partial charge in [-0.05, 0) is 18.6 Å².